The second-order valence-corrected chi connectivity index (χ2v) is 5.73. The topological polar surface area (TPSA) is 69.4 Å². The van der Waals surface area contributed by atoms with Crippen molar-refractivity contribution < 1.29 is 22.8 Å². The van der Waals surface area contributed by atoms with E-state index >= 15 is 0 Å². The Labute approximate surface area is 138 Å². The van der Waals surface area contributed by atoms with Crippen LogP contribution in [0.3, 0.4) is 0 Å². The molecule has 8 heteroatoms. The van der Waals surface area contributed by atoms with Crippen molar-refractivity contribution >= 4 is 0 Å². The van der Waals surface area contributed by atoms with Gasteiger partial charge in [0.2, 0.25) is 5.89 Å². The first-order valence-corrected chi connectivity index (χ1v) is 7.72. The van der Waals surface area contributed by atoms with E-state index in [1.165, 1.54) is 12.1 Å². The Morgan fingerprint density at radius 2 is 2.21 bits per heavy atom. The lowest BCUT2D eigenvalue weighted by Gasteiger charge is -2.22. The van der Waals surface area contributed by atoms with E-state index < -0.39 is 11.6 Å². The van der Waals surface area contributed by atoms with E-state index in [-0.39, 0.29) is 24.8 Å². The zero-order chi connectivity index (χ0) is 17.1. The van der Waals surface area contributed by atoms with E-state index in [9.17, 15) is 8.78 Å². The SMILES string of the molecule is COCc1noc([C@H](C)N[C@H]2CCO[C@@H]2c2ccc(F)c(F)c2)n1. The highest BCUT2D eigenvalue weighted by Gasteiger charge is 2.32. The van der Waals surface area contributed by atoms with Gasteiger partial charge in [0, 0.05) is 19.8 Å². The van der Waals surface area contributed by atoms with Crippen molar-refractivity contribution in [3.05, 3.63) is 47.1 Å². The molecule has 1 aromatic carbocycles. The Balaban J connectivity index is 1.69. The first kappa shape index (κ1) is 16.9. The highest BCUT2D eigenvalue weighted by molar-refractivity contribution is 5.22. The summed E-state index contributed by atoms with van der Waals surface area (Å²) in [6.07, 6.45) is 0.386. The zero-order valence-electron chi connectivity index (χ0n) is 13.5. The Bertz CT molecular complexity index is 695. The molecule has 1 aliphatic rings. The summed E-state index contributed by atoms with van der Waals surface area (Å²) in [6.45, 7) is 2.71. The van der Waals surface area contributed by atoms with Gasteiger partial charge in [-0.3, -0.25) is 0 Å². The van der Waals surface area contributed by atoms with Crippen LogP contribution in [0.2, 0.25) is 0 Å². The summed E-state index contributed by atoms with van der Waals surface area (Å²) < 4.78 is 42.4. The summed E-state index contributed by atoms with van der Waals surface area (Å²) in [7, 11) is 1.56. The van der Waals surface area contributed by atoms with Gasteiger partial charge in [-0.15, -0.1) is 0 Å². The fourth-order valence-electron chi connectivity index (χ4n) is 2.80. The maximum absolute atomic E-state index is 13.5. The molecule has 3 rings (SSSR count). The molecule has 3 atom stereocenters. The van der Waals surface area contributed by atoms with Crippen LogP contribution in [0.4, 0.5) is 8.78 Å². The van der Waals surface area contributed by atoms with E-state index in [0.29, 0.717) is 23.9 Å². The Morgan fingerprint density at radius 3 is 2.96 bits per heavy atom. The van der Waals surface area contributed by atoms with Crippen molar-refractivity contribution in [2.45, 2.75) is 38.1 Å². The smallest absolute Gasteiger partial charge is 0.243 e. The molecular formula is C16H19F2N3O3. The van der Waals surface area contributed by atoms with Crippen LogP contribution in [0.5, 0.6) is 0 Å². The number of halogens is 2. The van der Waals surface area contributed by atoms with Crippen LogP contribution >= 0.6 is 0 Å². The van der Waals surface area contributed by atoms with Crippen molar-refractivity contribution in [3.63, 3.8) is 0 Å². The average molecular weight is 339 g/mol. The summed E-state index contributed by atoms with van der Waals surface area (Å²) in [5, 5.41) is 7.18. The van der Waals surface area contributed by atoms with Crippen LogP contribution in [-0.4, -0.2) is 29.9 Å². The molecule has 1 aromatic heterocycles. The highest BCUT2D eigenvalue weighted by Crippen LogP contribution is 2.31. The van der Waals surface area contributed by atoms with Crippen LogP contribution in [-0.2, 0) is 16.1 Å². The minimum Gasteiger partial charge on any atom is -0.377 e. The Kier molecular flexibility index (Phi) is 5.17. The van der Waals surface area contributed by atoms with Gasteiger partial charge in [0.1, 0.15) is 6.61 Å². The van der Waals surface area contributed by atoms with Crippen molar-refractivity contribution in [2.24, 2.45) is 0 Å². The molecule has 0 amide bonds. The van der Waals surface area contributed by atoms with Gasteiger partial charge in [0.05, 0.1) is 12.1 Å². The Hall–Kier alpha value is -1.90. The number of rotatable bonds is 6. The molecule has 2 aromatic rings. The number of benzene rings is 1. The molecule has 1 N–H and O–H groups in total. The number of nitrogens with zero attached hydrogens (tertiary/aromatic N) is 2. The molecule has 6 nitrogen and oxygen atoms in total. The molecule has 0 saturated carbocycles. The van der Waals surface area contributed by atoms with E-state index in [1.54, 1.807) is 7.11 Å². The van der Waals surface area contributed by atoms with Gasteiger partial charge < -0.3 is 19.3 Å². The third-order valence-corrected chi connectivity index (χ3v) is 3.96. The molecule has 24 heavy (non-hydrogen) atoms. The molecule has 1 aliphatic heterocycles. The molecule has 0 radical (unpaired) electrons. The number of methoxy groups -OCH3 is 1. The van der Waals surface area contributed by atoms with Gasteiger partial charge in [0.15, 0.2) is 17.5 Å². The maximum Gasteiger partial charge on any atom is 0.243 e. The number of hydrogen-bond donors (Lipinski definition) is 1. The van der Waals surface area contributed by atoms with Gasteiger partial charge in [-0.25, -0.2) is 8.78 Å². The Morgan fingerprint density at radius 1 is 1.38 bits per heavy atom. The summed E-state index contributed by atoms with van der Waals surface area (Å²) in [4.78, 5) is 4.25. The van der Waals surface area contributed by atoms with Crippen molar-refractivity contribution in [3.8, 4) is 0 Å². The molecule has 0 aliphatic carbocycles. The molecule has 2 heterocycles. The first-order chi connectivity index (χ1) is 11.6. The summed E-state index contributed by atoms with van der Waals surface area (Å²) >= 11 is 0. The minimum absolute atomic E-state index is 0.0670. The maximum atomic E-state index is 13.5. The van der Waals surface area contributed by atoms with Gasteiger partial charge in [0.25, 0.3) is 0 Å². The second kappa shape index (κ2) is 7.33. The highest BCUT2D eigenvalue weighted by atomic mass is 19.2. The molecule has 0 spiro atoms. The molecule has 130 valence electrons. The van der Waals surface area contributed by atoms with E-state index in [4.69, 9.17) is 14.0 Å². The summed E-state index contributed by atoms with van der Waals surface area (Å²) in [5.41, 5.74) is 0.599. The second-order valence-electron chi connectivity index (χ2n) is 5.73. The van der Waals surface area contributed by atoms with Crippen LogP contribution in [0, 0.1) is 11.6 Å². The zero-order valence-corrected chi connectivity index (χ0v) is 13.5. The minimum atomic E-state index is -0.879. The standard InChI is InChI=1S/C16H19F2N3O3/c1-9(16-20-14(8-22-2)21-24-16)19-13-5-6-23-15(13)10-3-4-11(17)12(18)7-10/h3-4,7,9,13,15,19H,5-6,8H2,1-2H3/t9-,13-,15+/m0/s1. The lowest BCUT2D eigenvalue weighted by Crippen LogP contribution is -2.34. The van der Waals surface area contributed by atoms with Gasteiger partial charge in [-0.05, 0) is 31.0 Å². The van der Waals surface area contributed by atoms with Crippen LogP contribution in [0.15, 0.2) is 22.7 Å². The predicted octanol–water partition coefficient (Wildman–Crippen LogP) is 2.68. The molecule has 1 fully saturated rings. The van der Waals surface area contributed by atoms with Crippen molar-refractivity contribution in [2.75, 3.05) is 13.7 Å². The quantitative estimate of drug-likeness (QED) is 0.873. The van der Waals surface area contributed by atoms with Crippen molar-refractivity contribution in [1.29, 1.82) is 0 Å². The summed E-state index contributed by atoms with van der Waals surface area (Å²) in [6, 6.07) is 3.55. The van der Waals surface area contributed by atoms with Gasteiger partial charge >= 0.3 is 0 Å². The predicted molar refractivity (Wildman–Crippen MR) is 80.0 cm³/mol. The fourth-order valence-corrected chi connectivity index (χ4v) is 2.80. The van der Waals surface area contributed by atoms with Crippen LogP contribution in [0.25, 0.3) is 0 Å². The normalized spacial score (nSPS) is 22.0. The van der Waals surface area contributed by atoms with Crippen molar-refractivity contribution in [1.82, 2.24) is 15.5 Å². The van der Waals surface area contributed by atoms with Gasteiger partial charge in [-0.2, -0.15) is 4.98 Å². The van der Waals surface area contributed by atoms with Gasteiger partial charge in [-0.1, -0.05) is 11.2 Å². The molecule has 1 saturated heterocycles. The number of aromatic nitrogens is 2. The van der Waals surface area contributed by atoms with E-state index in [2.05, 4.69) is 15.5 Å². The largest absolute Gasteiger partial charge is 0.377 e. The van der Waals surface area contributed by atoms with E-state index in [0.717, 1.165) is 12.5 Å². The summed E-state index contributed by atoms with van der Waals surface area (Å²) in [5.74, 6) is -0.832. The van der Waals surface area contributed by atoms with E-state index in [1.807, 2.05) is 6.92 Å². The lowest BCUT2D eigenvalue weighted by atomic mass is 10.0. The monoisotopic (exact) mass is 339 g/mol. The van der Waals surface area contributed by atoms with Crippen LogP contribution in [0.1, 0.15) is 42.8 Å². The molecule has 0 unspecified atom stereocenters. The van der Waals surface area contributed by atoms with Crippen LogP contribution < -0.4 is 5.32 Å². The molecule has 0 bridgehead atoms. The fraction of sp³-hybridized carbons (Fsp3) is 0.500. The average Bonchev–Trinajstić information content (AvgIpc) is 3.20. The number of nitrogens with one attached hydrogen (secondary N) is 1. The first-order valence-electron chi connectivity index (χ1n) is 7.72. The third-order valence-electron chi connectivity index (χ3n) is 3.96. The third kappa shape index (κ3) is 3.61. The molecular weight excluding hydrogens is 320 g/mol. The number of hydrogen-bond acceptors (Lipinski definition) is 6. The lowest BCUT2D eigenvalue weighted by molar-refractivity contribution is 0.0954. The number of ether oxygens (including phenoxy) is 2.